The molecule has 2 aliphatic rings. The lowest BCUT2D eigenvalue weighted by molar-refractivity contribution is 0.886. The molecule has 0 aliphatic heterocycles. The molecule has 43 heavy (non-hydrogen) atoms. The summed E-state index contributed by atoms with van der Waals surface area (Å²) in [5, 5.41) is 0. The second-order valence-electron chi connectivity index (χ2n) is 11.9. The quantitative estimate of drug-likeness (QED) is 0.215. The Labute approximate surface area is 260 Å². The number of allylic oxidation sites excluding steroid dienone is 12. The number of hydrogen-bond donors (Lipinski definition) is 0. The van der Waals surface area contributed by atoms with Crippen LogP contribution in [0.25, 0.3) is 23.4 Å². The van der Waals surface area contributed by atoms with Crippen molar-refractivity contribution >= 4 is 17.7 Å². The van der Waals surface area contributed by atoms with Gasteiger partial charge in [-0.15, -0.1) is 0 Å². The van der Waals surface area contributed by atoms with E-state index in [0.717, 1.165) is 38.5 Å². The van der Waals surface area contributed by atoms with Crippen molar-refractivity contribution in [2.75, 3.05) is 0 Å². The third-order valence-electron chi connectivity index (χ3n) is 8.60. The van der Waals surface area contributed by atoms with Crippen molar-refractivity contribution in [3.63, 3.8) is 0 Å². The molecule has 0 amide bonds. The lowest BCUT2D eigenvalue weighted by Gasteiger charge is -2.14. The van der Waals surface area contributed by atoms with Crippen LogP contribution in [0.4, 0.5) is 0 Å². The molecule has 1 nitrogen and oxygen atoms in total. The average molecular weight is 566 g/mol. The monoisotopic (exact) mass is 565 g/mol. The van der Waals surface area contributed by atoms with E-state index in [2.05, 4.69) is 148 Å². The normalized spacial score (nSPS) is 15.5. The van der Waals surface area contributed by atoms with E-state index in [1.165, 1.54) is 68.0 Å². The van der Waals surface area contributed by atoms with Crippen LogP contribution in [0.5, 0.6) is 0 Å². The van der Waals surface area contributed by atoms with Crippen molar-refractivity contribution in [1.82, 2.24) is 4.57 Å². The fourth-order valence-corrected chi connectivity index (χ4v) is 6.56. The van der Waals surface area contributed by atoms with Crippen LogP contribution < -0.4 is 0 Å². The highest BCUT2D eigenvalue weighted by molar-refractivity contribution is 5.77. The van der Waals surface area contributed by atoms with Gasteiger partial charge in [0, 0.05) is 17.1 Å². The maximum absolute atomic E-state index is 2.48. The molecule has 1 heterocycles. The van der Waals surface area contributed by atoms with Crippen LogP contribution in [0.2, 0.25) is 0 Å². The molecule has 0 fully saturated rings. The average Bonchev–Trinajstić information content (AvgIpc) is 3.19. The Morgan fingerprint density at radius 2 is 1.65 bits per heavy atom. The van der Waals surface area contributed by atoms with E-state index in [1.54, 1.807) is 5.56 Å². The molecule has 0 saturated heterocycles. The molecule has 0 N–H and O–H groups in total. The third-order valence-corrected chi connectivity index (χ3v) is 8.60. The summed E-state index contributed by atoms with van der Waals surface area (Å²) in [5.74, 6) is 0. The second-order valence-corrected chi connectivity index (χ2v) is 11.9. The number of fused-ring (bicyclic) bond motifs is 1. The topological polar surface area (TPSA) is 4.93 Å². The van der Waals surface area contributed by atoms with Crippen molar-refractivity contribution in [2.45, 2.75) is 79.6 Å². The molecule has 0 unspecified atom stereocenters. The lowest BCUT2D eigenvalue weighted by atomic mass is 9.96. The Bertz CT molecular complexity index is 1640. The molecule has 2 aromatic carbocycles. The minimum absolute atomic E-state index is 0.933. The van der Waals surface area contributed by atoms with Gasteiger partial charge in [-0.2, -0.15) is 0 Å². The number of hydrogen-bond acceptors (Lipinski definition) is 0. The van der Waals surface area contributed by atoms with E-state index < -0.39 is 0 Å². The predicted octanol–water partition coefficient (Wildman–Crippen LogP) is 11.6. The molecule has 0 radical (unpaired) electrons. The van der Waals surface area contributed by atoms with E-state index in [-0.39, 0.29) is 0 Å². The number of benzene rings is 2. The molecule has 2 aliphatic carbocycles. The predicted molar refractivity (Wildman–Crippen MR) is 189 cm³/mol. The van der Waals surface area contributed by atoms with Gasteiger partial charge in [-0.3, -0.25) is 0 Å². The van der Waals surface area contributed by atoms with Gasteiger partial charge in [0.25, 0.3) is 0 Å². The SMILES string of the molecule is C/C=C\C(=C/C)CC1=CC=C(c2ccc(Cc3ccc(-n4c5c(c(CCC)c4/C=C\C)CCC=C5)cc3)cc2)C=C(C)C1. The maximum Gasteiger partial charge on any atom is 0.0494 e. The summed E-state index contributed by atoms with van der Waals surface area (Å²) in [5.41, 5.74) is 16.5. The van der Waals surface area contributed by atoms with E-state index in [1.807, 2.05) is 0 Å². The molecule has 0 atom stereocenters. The van der Waals surface area contributed by atoms with E-state index >= 15 is 0 Å². The minimum Gasteiger partial charge on any atom is -0.310 e. The van der Waals surface area contributed by atoms with Gasteiger partial charge >= 0.3 is 0 Å². The number of nitrogens with zero attached hydrogens (tertiary/aromatic N) is 1. The van der Waals surface area contributed by atoms with E-state index in [4.69, 9.17) is 0 Å². The van der Waals surface area contributed by atoms with Gasteiger partial charge in [-0.05, 0) is 129 Å². The highest BCUT2D eigenvalue weighted by Crippen LogP contribution is 2.34. The third kappa shape index (κ3) is 7.11. The van der Waals surface area contributed by atoms with Crippen LogP contribution in [0.1, 0.15) is 99.5 Å². The van der Waals surface area contributed by atoms with Crippen molar-refractivity contribution < 1.29 is 0 Å². The van der Waals surface area contributed by atoms with E-state index in [0.29, 0.717) is 0 Å². The van der Waals surface area contributed by atoms with Crippen molar-refractivity contribution in [3.05, 3.63) is 153 Å². The molecule has 220 valence electrons. The minimum atomic E-state index is 0.933. The Kier molecular flexibility index (Phi) is 10.2. The first kappa shape index (κ1) is 30.4. The van der Waals surface area contributed by atoms with Gasteiger partial charge in [-0.1, -0.05) is 109 Å². The fraction of sp³-hybridized carbons (Fsp3) is 0.286. The molecule has 0 saturated carbocycles. The summed E-state index contributed by atoms with van der Waals surface area (Å²) in [4.78, 5) is 0. The van der Waals surface area contributed by atoms with Crippen molar-refractivity contribution in [3.8, 4) is 5.69 Å². The zero-order valence-electron chi connectivity index (χ0n) is 26.8. The van der Waals surface area contributed by atoms with Crippen LogP contribution in [0.3, 0.4) is 0 Å². The molecular weight excluding hydrogens is 518 g/mol. The molecule has 1 heteroatoms. The Morgan fingerprint density at radius 3 is 2.33 bits per heavy atom. The molecule has 3 aromatic rings. The van der Waals surface area contributed by atoms with Crippen LogP contribution in [-0.4, -0.2) is 4.57 Å². The summed E-state index contributed by atoms with van der Waals surface area (Å²) < 4.78 is 2.48. The van der Waals surface area contributed by atoms with Crippen LogP contribution in [0, 0.1) is 0 Å². The van der Waals surface area contributed by atoms with Gasteiger partial charge < -0.3 is 4.57 Å². The van der Waals surface area contributed by atoms with Crippen LogP contribution >= 0.6 is 0 Å². The lowest BCUT2D eigenvalue weighted by Crippen LogP contribution is -2.02. The Hall–Kier alpha value is -4.10. The molecule has 0 bridgehead atoms. The maximum atomic E-state index is 2.48. The van der Waals surface area contributed by atoms with Gasteiger partial charge in [0.2, 0.25) is 0 Å². The summed E-state index contributed by atoms with van der Waals surface area (Å²) in [7, 11) is 0. The van der Waals surface area contributed by atoms with E-state index in [9.17, 15) is 0 Å². The second kappa shape index (κ2) is 14.4. The first-order valence-corrected chi connectivity index (χ1v) is 16.1. The standard InChI is InChI=1S/C42H47N/c1-6-12-32(9-4)29-35-19-24-37(28-31(5)27-35)36-22-17-33(18-23-36)30-34-20-25-38(26-21-34)43-41(14-8-3)39(13-7-2)40-15-10-11-16-42(40)43/h6,8-9,11-12,14,16-26,28H,7,10,13,15,27,29-30H2,1-5H3/b12-6-,14-8-,32-9+. The van der Waals surface area contributed by atoms with Crippen LogP contribution in [-0.2, 0) is 19.3 Å². The fourth-order valence-electron chi connectivity index (χ4n) is 6.56. The van der Waals surface area contributed by atoms with Crippen molar-refractivity contribution in [2.24, 2.45) is 0 Å². The zero-order chi connectivity index (χ0) is 30.2. The summed E-state index contributed by atoms with van der Waals surface area (Å²) in [6.45, 7) is 10.9. The number of rotatable bonds is 10. The molecule has 0 spiro atoms. The summed E-state index contributed by atoms with van der Waals surface area (Å²) in [6.07, 6.45) is 30.2. The van der Waals surface area contributed by atoms with Gasteiger partial charge in [0.05, 0.1) is 0 Å². The van der Waals surface area contributed by atoms with Crippen LogP contribution in [0.15, 0.2) is 114 Å². The highest BCUT2D eigenvalue weighted by Gasteiger charge is 2.21. The smallest absolute Gasteiger partial charge is 0.0494 e. The van der Waals surface area contributed by atoms with Gasteiger partial charge in [-0.25, -0.2) is 0 Å². The highest BCUT2D eigenvalue weighted by atomic mass is 15.0. The molecular formula is C42H47N. The first-order valence-electron chi connectivity index (χ1n) is 16.1. The summed E-state index contributed by atoms with van der Waals surface area (Å²) in [6, 6.07) is 18.4. The molecule has 1 aromatic heterocycles. The Balaban J connectivity index is 1.34. The van der Waals surface area contributed by atoms with Gasteiger partial charge in [0.1, 0.15) is 0 Å². The zero-order valence-corrected chi connectivity index (χ0v) is 26.8. The first-order chi connectivity index (χ1) is 21.0. The molecule has 5 rings (SSSR count). The largest absolute Gasteiger partial charge is 0.310 e. The Morgan fingerprint density at radius 1 is 0.907 bits per heavy atom. The van der Waals surface area contributed by atoms with Crippen molar-refractivity contribution in [1.29, 1.82) is 0 Å². The summed E-state index contributed by atoms with van der Waals surface area (Å²) >= 11 is 0. The number of aromatic nitrogens is 1. The van der Waals surface area contributed by atoms with Gasteiger partial charge in [0.15, 0.2) is 0 Å².